The maximum absolute atomic E-state index is 13.5. The molecule has 0 fully saturated rings. The topological polar surface area (TPSA) is 63.4 Å². The molecule has 0 saturated heterocycles. The van der Waals surface area contributed by atoms with E-state index in [0.717, 1.165) is 40.7 Å². The molecule has 4 rings (SSSR count). The molecule has 0 bridgehead atoms. The summed E-state index contributed by atoms with van der Waals surface area (Å²) < 4.78 is 34.3. The van der Waals surface area contributed by atoms with Crippen LogP contribution in [0, 0.1) is 6.92 Å². The van der Waals surface area contributed by atoms with Crippen molar-refractivity contribution in [3.05, 3.63) is 59.9 Å². The van der Waals surface area contributed by atoms with Gasteiger partial charge >= 0.3 is 0 Å². The summed E-state index contributed by atoms with van der Waals surface area (Å²) in [5.74, 6) is 0.714. The van der Waals surface area contributed by atoms with Crippen LogP contribution in [0.3, 0.4) is 0 Å². The van der Waals surface area contributed by atoms with Crippen molar-refractivity contribution in [2.45, 2.75) is 44.3 Å². The van der Waals surface area contributed by atoms with E-state index in [1.165, 1.54) is 0 Å². The summed E-state index contributed by atoms with van der Waals surface area (Å²) in [6.45, 7) is 9.03. The Kier molecular flexibility index (Phi) is 4.91. The van der Waals surface area contributed by atoms with Crippen LogP contribution >= 0.6 is 0 Å². The first-order valence-corrected chi connectivity index (χ1v) is 14.8. The third kappa shape index (κ3) is 3.64. The molecule has 3 aromatic rings. The van der Waals surface area contributed by atoms with Crippen molar-refractivity contribution in [3.63, 3.8) is 0 Å². The zero-order valence-corrected chi connectivity index (χ0v) is 19.1. The van der Waals surface area contributed by atoms with Crippen molar-refractivity contribution < 1.29 is 12.8 Å². The van der Waals surface area contributed by atoms with E-state index in [2.05, 4.69) is 19.6 Å². The third-order valence-electron chi connectivity index (χ3n) is 5.22. The molecule has 3 heterocycles. The molecule has 0 amide bonds. The van der Waals surface area contributed by atoms with Gasteiger partial charge < -0.3 is 4.42 Å². The van der Waals surface area contributed by atoms with Crippen molar-refractivity contribution in [1.29, 1.82) is 0 Å². The van der Waals surface area contributed by atoms with Crippen LogP contribution in [0.1, 0.15) is 17.5 Å². The lowest BCUT2D eigenvalue weighted by Crippen LogP contribution is -2.48. The monoisotopic (exact) mass is 426 g/mol. The van der Waals surface area contributed by atoms with Gasteiger partial charge in [0.2, 0.25) is 0 Å². The van der Waals surface area contributed by atoms with Crippen molar-refractivity contribution in [2.75, 3.05) is 10.8 Å². The molecule has 1 aliphatic heterocycles. The second kappa shape index (κ2) is 7.14. The summed E-state index contributed by atoms with van der Waals surface area (Å²) in [6, 6.07) is 12.8. The van der Waals surface area contributed by atoms with E-state index in [0.29, 0.717) is 17.2 Å². The maximum Gasteiger partial charge on any atom is 0.264 e. The number of aryl methyl sites for hydroxylation is 2. The summed E-state index contributed by atoms with van der Waals surface area (Å²) >= 11 is 0. The lowest BCUT2D eigenvalue weighted by Gasteiger charge is -2.35. The minimum absolute atomic E-state index is 0.326. The number of sulfonamides is 1. The van der Waals surface area contributed by atoms with Gasteiger partial charge in [0.15, 0.2) is 5.76 Å². The summed E-state index contributed by atoms with van der Waals surface area (Å²) in [5.41, 5.74) is 3.63. The second-order valence-corrected chi connectivity index (χ2v) is 15.4. The van der Waals surface area contributed by atoms with E-state index >= 15 is 0 Å². The van der Waals surface area contributed by atoms with Gasteiger partial charge in [0.05, 0.1) is 16.8 Å². The number of hydrogen-bond donors (Lipinski definition) is 0. The molecule has 0 saturated carbocycles. The number of rotatable bonds is 4. The predicted molar refractivity (Wildman–Crippen MR) is 119 cm³/mol. The molecule has 0 atom stereocenters. The zero-order chi connectivity index (χ0) is 20.8. The van der Waals surface area contributed by atoms with E-state index in [9.17, 15) is 8.42 Å². The molecule has 152 valence electrons. The van der Waals surface area contributed by atoms with Crippen LogP contribution < -0.4 is 9.62 Å². The average molecular weight is 427 g/mol. The van der Waals surface area contributed by atoms with Crippen LogP contribution in [-0.2, 0) is 16.4 Å². The molecule has 1 aliphatic rings. The third-order valence-corrected chi connectivity index (χ3v) is 8.80. The van der Waals surface area contributed by atoms with Crippen LogP contribution in [-0.4, -0.2) is 28.0 Å². The Bertz CT molecular complexity index is 1130. The van der Waals surface area contributed by atoms with Crippen LogP contribution in [0.25, 0.3) is 11.5 Å². The molecule has 0 spiro atoms. The number of nitrogens with zero attached hydrogens (tertiary/aromatic N) is 2. The molecule has 29 heavy (non-hydrogen) atoms. The molecule has 0 aliphatic carbocycles. The molecule has 5 nitrogen and oxygen atoms in total. The van der Waals surface area contributed by atoms with Crippen molar-refractivity contribution in [3.8, 4) is 11.5 Å². The number of aromatic nitrogens is 1. The maximum atomic E-state index is 13.5. The van der Waals surface area contributed by atoms with Gasteiger partial charge in [-0.2, -0.15) is 0 Å². The Morgan fingerprint density at radius 2 is 1.83 bits per heavy atom. The summed E-state index contributed by atoms with van der Waals surface area (Å²) in [4.78, 5) is 5.26. The van der Waals surface area contributed by atoms with Crippen molar-refractivity contribution in [2.24, 2.45) is 0 Å². The molecule has 2 aromatic heterocycles. The number of hydrogen-bond acceptors (Lipinski definition) is 4. The van der Waals surface area contributed by atoms with Gasteiger partial charge in [0.1, 0.15) is 13.8 Å². The Balaban J connectivity index is 1.92. The molecule has 0 radical (unpaired) electrons. The number of furan rings is 1. The quantitative estimate of drug-likeness (QED) is 0.582. The number of fused-ring (bicyclic) bond motifs is 1. The van der Waals surface area contributed by atoms with Crippen LogP contribution in [0.5, 0.6) is 0 Å². The molecule has 1 aromatic carbocycles. The normalized spacial score (nSPS) is 14.7. The highest BCUT2D eigenvalue weighted by Crippen LogP contribution is 2.34. The first-order chi connectivity index (χ1) is 13.7. The fourth-order valence-electron chi connectivity index (χ4n) is 3.74. The van der Waals surface area contributed by atoms with Gasteiger partial charge in [-0.15, -0.1) is 0 Å². The Morgan fingerprint density at radius 1 is 1.10 bits per heavy atom. The molecule has 0 unspecified atom stereocenters. The standard InChI is InChI=1S/C22H26N2O3SSi/c1-16-9-11-18(12-10-16)28(25,26)24-13-5-7-17-15-19(20-8-6-14-27-20)23-22(21(17)24)29(2,3)4/h6,8-12,14-15H,5,7,13H2,1-4H3. The first-order valence-electron chi connectivity index (χ1n) is 9.85. The van der Waals surface area contributed by atoms with E-state index < -0.39 is 18.1 Å². The largest absolute Gasteiger partial charge is 0.463 e. The highest BCUT2D eigenvalue weighted by Gasteiger charge is 2.36. The highest BCUT2D eigenvalue weighted by atomic mass is 32.2. The molecular formula is C22H26N2O3SSi. The van der Waals surface area contributed by atoms with Gasteiger partial charge in [-0.05, 0) is 55.7 Å². The summed E-state index contributed by atoms with van der Waals surface area (Å²) in [5, 5.41) is 0.914. The minimum Gasteiger partial charge on any atom is -0.463 e. The Hall–Kier alpha value is -2.38. The van der Waals surface area contributed by atoms with Gasteiger partial charge in [-0.25, -0.2) is 8.42 Å². The van der Waals surface area contributed by atoms with Crippen LogP contribution in [0.2, 0.25) is 19.6 Å². The highest BCUT2D eigenvalue weighted by molar-refractivity contribution is 7.92. The summed E-state index contributed by atoms with van der Waals surface area (Å²) in [6.07, 6.45) is 3.26. The minimum atomic E-state index is -3.65. The van der Waals surface area contributed by atoms with Gasteiger partial charge in [-0.1, -0.05) is 37.3 Å². The van der Waals surface area contributed by atoms with Gasteiger partial charge in [-0.3, -0.25) is 9.29 Å². The SMILES string of the molecule is Cc1ccc(S(=O)(=O)N2CCCc3cc(-c4ccco4)nc([Si](C)(C)C)c32)cc1. The zero-order valence-electron chi connectivity index (χ0n) is 17.3. The van der Waals surface area contributed by atoms with E-state index in [1.54, 1.807) is 22.7 Å². The smallest absolute Gasteiger partial charge is 0.264 e. The number of benzene rings is 1. The predicted octanol–water partition coefficient (Wildman–Crippen LogP) is 4.34. The second-order valence-electron chi connectivity index (χ2n) is 8.58. The van der Waals surface area contributed by atoms with Crippen molar-refractivity contribution >= 4 is 29.1 Å². The Labute approximate surface area is 173 Å². The van der Waals surface area contributed by atoms with Crippen LogP contribution in [0.4, 0.5) is 5.69 Å². The fourth-order valence-corrected chi connectivity index (χ4v) is 6.83. The lowest BCUT2D eigenvalue weighted by molar-refractivity contribution is 0.579. The molecular weight excluding hydrogens is 400 g/mol. The van der Waals surface area contributed by atoms with E-state index in [-0.39, 0.29) is 0 Å². The van der Waals surface area contributed by atoms with Gasteiger partial charge in [0.25, 0.3) is 10.0 Å². The van der Waals surface area contributed by atoms with E-state index in [4.69, 9.17) is 9.40 Å². The Morgan fingerprint density at radius 3 is 2.45 bits per heavy atom. The van der Waals surface area contributed by atoms with Gasteiger partial charge in [0, 0.05) is 11.9 Å². The summed E-state index contributed by atoms with van der Waals surface area (Å²) in [7, 11) is -5.60. The fraction of sp³-hybridized carbons (Fsp3) is 0.318. The van der Waals surface area contributed by atoms with Crippen molar-refractivity contribution in [1.82, 2.24) is 4.98 Å². The lowest BCUT2D eigenvalue weighted by atomic mass is 10.0. The van der Waals surface area contributed by atoms with Crippen LogP contribution in [0.15, 0.2) is 58.0 Å². The number of pyridine rings is 1. The molecule has 7 heteroatoms. The van der Waals surface area contributed by atoms with E-state index in [1.807, 2.05) is 37.3 Å². The number of anilines is 1. The first kappa shape index (κ1) is 19.9. The average Bonchev–Trinajstić information content (AvgIpc) is 3.21. The molecule has 0 N–H and O–H groups in total.